The standard InChI is InChI=1S/C23H25N5O3S/c1-14-4-9-19(15(2)10-14)26-21(30)11-20-22(31)28-13-27(12-24-23(28)32-20)18-7-5-17(6-8-18)25-16(3)29/h4-10,20H,11-13H2,1-3H3,(H,25,29)(H,26,30)/t20-/m1/s1. The van der Waals surface area contributed by atoms with Crippen LogP contribution in [0.5, 0.6) is 0 Å². The third kappa shape index (κ3) is 4.77. The van der Waals surface area contributed by atoms with E-state index in [0.717, 1.165) is 22.5 Å². The van der Waals surface area contributed by atoms with Crippen molar-refractivity contribution in [2.75, 3.05) is 28.9 Å². The van der Waals surface area contributed by atoms with Crippen LogP contribution in [-0.4, -0.2) is 46.4 Å². The summed E-state index contributed by atoms with van der Waals surface area (Å²) in [6, 6.07) is 13.2. The number of aryl methyl sites for hydroxylation is 2. The molecule has 0 aromatic heterocycles. The van der Waals surface area contributed by atoms with E-state index in [4.69, 9.17) is 0 Å². The predicted octanol–water partition coefficient (Wildman–Crippen LogP) is 3.33. The van der Waals surface area contributed by atoms with Crippen molar-refractivity contribution in [3.8, 4) is 0 Å². The number of thioether (sulfide) groups is 1. The number of hydrogen-bond donors (Lipinski definition) is 2. The van der Waals surface area contributed by atoms with Crippen molar-refractivity contribution in [3.05, 3.63) is 53.6 Å². The Hall–Kier alpha value is -3.33. The van der Waals surface area contributed by atoms with E-state index < -0.39 is 5.25 Å². The molecule has 0 unspecified atom stereocenters. The molecule has 2 N–H and O–H groups in total. The molecule has 2 aromatic carbocycles. The Morgan fingerprint density at radius 1 is 1.12 bits per heavy atom. The number of rotatable bonds is 5. The first-order valence-electron chi connectivity index (χ1n) is 10.3. The summed E-state index contributed by atoms with van der Waals surface area (Å²) in [5.41, 5.74) is 4.50. The van der Waals surface area contributed by atoms with Gasteiger partial charge in [0.2, 0.25) is 17.7 Å². The fraction of sp³-hybridized carbons (Fsp3) is 0.304. The van der Waals surface area contributed by atoms with Gasteiger partial charge in [0.1, 0.15) is 18.6 Å². The van der Waals surface area contributed by atoms with Gasteiger partial charge in [-0.15, -0.1) is 0 Å². The van der Waals surface area contributed by atoms with Gasteiger partial charge in [-0.05, 0) is 49.7 Å². The van der Waals surface area contributed by atoms with E-state index in [1.54, 1.807) is 4.90 Å². The Morgan fingerprint density at radius 3 is 2.56 bits per heavy atom. The molecule has 0 aliphatic carbocycles. The molecule has 2 heterocycles. The minimum absolute atomic E-state index is 0.0950. The van der Waals surface area contributed by atoms with Gasteiger partial charge in [0.05, 0.1) is 0 Å². The summed E-state index contributed by atoms with van der Waals surface area (Å²) in [6.45, 7) is 6.21. The first kappa shape index (κ1) is 21.9. The first-order valence-corrected chi connectivity index (χ1v) is 11.2. The molecule has 166 valence electrons. The molecule has 0 radical (unpaired) electrons. The van der Waals surface area contributed by atoms with Crippen LogP contribution in [0, 0.1) is 13.8 Å². The van der Waals surface area contributed by atoms with Crippen molar-refractivity contribution < 1.29 is 14.4 Å². The Morgan fingerprint density at radius 2 is 1.88 bits per heavy atom. The molecule has 2 aromatic rings. The van der Waals surface area contributed by atoms with E-state index in [1.165, 1.54) is 18.7 Å². The summed E-state index contributed by atoms with van der Waals surface area (Å²) in [4.78, 5) is 44.9. The minimum atomic E-state index is -0.485. The maximum Gasteiger partial charge on any atom is 0.244 e. The molecule has 1 saturated heterocycles. The topological polar surface area (TPSA) is 94.1 Å². The second kappa shape index (κ2) is 9.04. The highest BCUT2D eigenvalue weighted by molar-refractivity contribution is 8.15. The molecule has 8 nitrogen and oxygen atoms in total. The van der Waals surface area contributed by atoms with E-state index >= 15 is 0 Å². The van der Waals surface area contributed by atoms with E-state index in [-0.39, 0.29) is 24.1 Å². The third-order valence-electron chi connectivity index (χ3n) is 5.29. The predicted molar refractivity (Wildman–Crippen MR) is 128 cm³/mol. The fourth-order valence-electron chi connectivity index (χ4n) is 3.70. The lowest BCUT2D eigenvalue weighted by molar-refractivity contribution is -0.128. The summed E-state index contributed by atoms with van der Waals surface area (Å²) in [7, 11) is 0. The van der Waals surface area contributed by atoms with Crippen molar-refractivity contribution in [2.45, 2.75) is 32.4 Å². The van der Waals surface area contributed by atoms with Crippen molar-refractivity contribution in [2.24, 2.45) is 4.99 Å². The first-order chi connectivity index (χ1) is 15.3. The van der Waals surface area contributed by atoms with Crippen LogP contribution in [0.1, 0.15) is 24.5 Å². The molecule has 2 aliphatic rings. The van der Waals surface area contributed by atoms with E-state index in [2.05, 4.69) is 15.6 Å². The maximum absolute atomic E-state index is 13.0. The second-order valence-electron chi connectivity index (χ2n) is 7.93. The highest BCUT2D eigenvalue weighted by atomic mass is 32.2. The number of aliphatic imine (C=N–C) groups is 1. The normalized spacial score (nSPS) is 17.7. The highest BCUT2D eigenvalue weighted by Gasteiger charge is 2.41. The fourth-order valence-corrected chi connectivity index (χ4v) is 4.82. The number of anilines is 3. The third-order valence-corrected chi connectivity index (χ3v) is 6.50. The van der Waals surface area contributed by atoms with Crippen LogP contribution in [0.25, 0.3) is 0 Å². The summed E-state index contributed by atoms with van der Waals surface area (Å²) >= 11 is 1.35. The molecule has 1 atom stereocenters. The number of hydrogen-bond acceptors (Lipinski definition) is 6. The van der Waals surface area contributed by atoms with Gasteiger partial charge in [-0.1, -0.05) is 29.5 Å². The average Bonchev–Trinajstić information content (AvgIpc) is 3.05. The monoisotopic (exact) mass is 451 g/mol. The highest BCUT2D eigenvalue weighted by Crippen LogP contribution is 2.33. The van der Waals surface area contributed by atoms with Crippen LogP contribution >= 0.6 is 11.8 Å². The summed E-state index contributed by atoms with van der Waals surface area (Å²) in [5, 5.41) is 5.83. The summed E-state index contributed by atoms with van der Waals surface area (Å²) in [6.07, 6.45) is 0.0950. The van der Waals surface area contributed by atoms with Gasteiger partial charge in [-0.3, -0.25) is 19.3 Å². The zero-order valence-electron chi connectivity index (χ0n) is 18.2. The summed E-state index contributed by atoms with van der Waals surface area (Å²) < 4.78 is 0. The van der Waals surface area contributed by atoms with Crippen LogP contribution < -0.4 is 15.5 Å². The molecule has 9 heteroatoms. The van der Waals surface area contributed by atoms with E-state index in [1.807, 2.05) is 61.2 Å². The van der Waals surface area contributed by atoms with Crippen molar-refractivity contribution in [1.82, 2.24) is 4.90 Å². The quantitative estimate of drug-likeness (QED) is 0.727. The zero-order chi connectivity index (χ0) is 22.8. The van der Waals surface area contributed by atoms with Gasteiger partial charge in [-0.2, -0.15) is 0 Å². The second-order valence-corrected chi connectivity index (χ2v) is 9.10. The smallest absolute Gasteiger partial charge is 0.244 e. The van der Waals surface area contributed by atoms with Crippen LogP contribution in [0.4, 0.5) is 17.1 Å². The van der Waals surface area contributed by atoms with Gasteiger partial charge in [0.25, 0.3) is 0 Å². The lowest BCUT2D eigenvalue weighted by atomic mass is 10.1. The molecule has 0 spiro atoms. The lowest BCUT2D eigenvalue weighted by Gasteiger charge is -2.32. The molecule has 0 saturated carbocycles. The van der Waals surface area contributed by atoms with Gasteiger partial charge in [0, 0.05) is 30.4 Å². The maximum atomic E-state index is 13.0. The van der Waals surface area contributed by atoms with Gasteiger partial charge in [0.15, 0.2) is 5.17 Å². The average molecular weight is 452 g/mol. The van der Waals surface area contributed by atoms with Crippen LogP contribution in [0.2, 0.25) is 0 Å². The van der Waals surface area contributed by atoms with Crippen molar-refractivity contribution in [1.29, 1.82) is 0 Å². The largest absolute Gasteiger partial charge is 0.334 e. The van der Waals surface area contributed by atoms with E-state index in [9.17, 15) is 14.4 Å². The molecule has 2 aliphatic heterocycles. The Bertz CT molecular complexity index is 1100. The number of carbonyl (C=O) groups excluding carboxylic acids is 3. The SMILES string of the molecule is CC(=O)Nc1ccc(N2CN=C3S[C@H](CC(=O)Nc4ccc(C)cc4C)C(=O)N3C2)cc1. The van der Waals surface area contributed by atoms with Gasteiger partial charge < -0.3 is 15.5 Å². The van der Waals surface area contributed by atoms with Crippen molar-refractivity contribution >= 4 is 51.7 Å². The molecule has 4 rings (SSSR count). The van der Waals surface area contributed by atoms with Gasteiger partial charge in [-0.25, -0.2) is 4.99 Å². The number of benzene rings is 2. The Kier molecular flexibility index (Phi) is 6.18. The molecular weight excluding hydrogens is 426 g/mol. The molecular formula is C23H25N5O3S. The lowest BCUT2D eigenvalue weighted by Crippen LogP contribution is -2.46. The molecule has 0 bridgehead atoms. The van der Waals surface area contributed by atoms with E-state index in [0.29, 0.717) is 24.2 Å². The van der Waals surface area contributed by atoms with Crippen LogP contribution in [0.15, 0.2) is 47.5 Å². The Balaban J connectivity index is 1.37. The molecule has 3 amide bonds. The van der Waals surface area contributed by atoms with Crippen LogP contribution in [0.3, 0.4) is 0 Å². The number of amidine groups is 1. The van der Waals surface area contributed by atoms with Crippen molar-refractivity contribution in [3.63, 3.8) is 0 Å². The Labute approximate surface area is 191 Å². The summed E-state index contributed by atoms with van der Waals surface area (Å²) in [5.74, 6) is -0.421. The molecule has 1 fully saturated rings. The number of fused-ring (bicyclic) bond motifs is 1. The number of carbonyl (C=O) groups is 3. The zero-order valence-corrected chi connectivity index (χ0v) is 19.0. The minimum Gasteiger partial charge on any atom is -0.334 e. The number of nitrogens with zero attached hydrogens (tertiary/aromatic N) is 3. The molecule has 32 heavy (non-hydrogen) atoms. The number of nitrogens with one attached hydrogen (secondary N) is 2. The number of amides is 3. The van der Waals surface area contributed by atoms with Gasteiger partial charge >= 0.3 is 0 Å². The van der Waals surface area contributed by atoms with Crippen LogP contribution in [-0.2, 0) is 14.4 Å².